The third-order valence-corrected chi connectivity index (χ3v) is 5.11. The Bertz CT molecular complexity index is 898. The molecule has 0 spiro atoms. The average molecular weight is 333 g/mol. The van der Waals surface area contributed by atoms with Crippen LogP contribution in [0.1, 0.15) is 22.7 Å². The van der Waals surface area contributed by atoms with Gasteiger partial charge in [0.2, 0.25) is 0 Å². The molecule has 0 radical (unpaired) electrons. The largest absolute Gasteiger partial charge is 0.493 e. The minimum atomic E-state index is 0.286. The van der Waals surface area contributed by atoms with E-state index in [4.69, 9.17) is 9.47 Å². The lowest BCUT2D eigenvalue weighted by atomic mass is 9.88. The Morgan fingerprint density at radius 2 is 1.72 bits per heavy atom. The summed E-state index contributed by atoms with van der Waals surface area (Å²) in [5.41, 5.74) is 4.04. The SMILES string of the molecule is COc1cc2c(cc1OC)[C@@H](Cc1cccc3ccccc13)NCC2. The van der Waals surface area contributed by atoms with E-state index in [2.05, 4.69) is 59.9 Å². The van der Waals surface area contributed by atoms with Crippen LogP contribution in [0, 0.1) is 0 Å². The molecule has 0 saturated carbocycles. The van der Waals surface area contributed by atoms with E-state index in [0.29, 0.717) is 0 Å². The molecule has 128 valence electrons. The lowest BCUT2D eigenvalue weighted by Crippen LogP contribution is -2.31. The van der Waals surface area contributed by atoms with Gasteiger partial charge in [0, 0.05) is 6.04 Å². The van der Waals surface area contributed by atoms with E-state index in [1.807, 2.05) is 0 Å². The van der Waals surface area contributed by atoms with E-state index in [1.54, 1.807) is 14.2 Å². The summed E-state index contributed by atoms with van der Waals surface area (Å²) >= 11 is 0. The molecular weight excluding hydrogens is 310 g/mol. The van der Waals surface area contributed by atoms with E-state index in [0.717, 1.165) is 30.9 Å². The maximum atomic E-state index is 5.52. The molecule has 3 aromatic carbocycles. The van der Waals surface area contributed by atoms with E-state index < -0.39 is 0 Å². The maximum Gasteiger partial charge on any atom is 0.161 e. The molecule has 1 N–H and O–H groups in total. The molecule has 3 heteroatoms. The Kier molecular flexibility index (Phi) is 4.33. The highest BCUT2D eigenvalue weighted by atomic mass is 16.5. The summed E-state index contributed by atoms with van der Waals surface area (Å²) in [6, 6.07) is 19.7. The molecule has 0 unspecified atom stereocenters. The molecule has 3 aromatic rings. The van der Waals surface area contributed by atoms with Crippen LogP contribution >= 0.6 is 0 Å². The standard InChI is InChI=1S/C22H23NO2/c1-24-21-13-17-10-11-23-20(19(17)14-22(21)25-2)12-16-8-5-7-15-6-3-4-9-18(15)16/h3-9,13-14,20,23H,10-12H2,1-2H3/t20-/m1/s1. The number of hydrogen-bond donors (Lipinski definition) is 1. The zero-order valence-electron chi connectivity index (χ0n) is 14.7. The van der Waals surface area contributed by atoms with Gasteiger partial charge in [-0.05, 0) is 59.0 Å². The number of nitrogens with one attached hydrogen (secondary N) is 1. The fourth-order valence-corrected chi connectivity index (χ4v) is 3.84. The van der Waals surface area contributed by atoms with Crippen LogP contribution in [-0.2, 0) is 12.8 Å². The smallest absolute Gasteiger partial charge is 0.161 e. The van der Waals surface area contributed by atoms with Gasteiger partial charge in [-0.1, -0.05) is 42.5 Å². The summed E-state index contributed by atoms with van der Waals surface area (Å²) < 4.78 is 11.0. The van der Waals surface area contributed by atoms with Crippen LogP contribution in [-0.4, -0.2) is 20.8 Å². The van der Waals surface area contributed by atoms with Crippen molar-refractivity contribution in [2.75, 3.05) is 20.8 Å². The Morgan fingerprint density at radius 3 is 2.56 bits per heavy atom. The monoisotopic (exact) mass is 333 g/mol. The quantitative estimate of drug-likeness (QED) is 0.773. The first-order valence-electron chi connectivity index (χ1n) is 8.75. The topological polar surface area (TPSA) is 30.5 Å². The van der Waals surface area contributed by atoms with Gasteiger partial charge >= 0.3 is 0 Å². The third kappa shape index (κ3) is 2.96. The molecule has 0 aliphatic carbocycles. The fourth-order valence-electron chi connectivity index (χ4n) is 3.84. The van der Waals surface area contributed by atoms with Crippen molar-refractivity contribution in [3.8, 4) is 11.5 Å². The minimum Gasteiger partial charge on any atom is -0.493 e. The van der Waals surface area contributed by atoms with Crippen molar-refractivity contribution < 1.29 is 9.47 Å². The van der Waals surface area contributed by atoms with Crippen LogP contribution in [0.5, 0.6) is 11.5 Å². The van der Waals surface area contributed by atoms with Gasteiger partial charge in [0.1, 0.15) is 0 Å². The van der Waals surface area contributed by atoms with Crippen molar-refractivity contribution in [1.29, 1.82) is 0 Å². The molecule has 0 aromatic heterocycles. The number of hydrogen-bond acceptors (Lipinski definition) is 3. The number of fused-ring (bicyclic) bond motifs is 2. The molecule has 1 atom stereocenters. The summed E-state index contributed by atoms with van der Waals surface area (Å²) in [4.78, 5) is 0. The van der Waals surface area contributed by atoms with Gasteiger partial charge in [0.25, 0.3) is 0 Å². The lowest BCUT2D eigenvalue weighted by Gasteiger charge is -2.28. The fraction of sp³-hybridized carbons (Fsp3) is 0.273. The second kappa shape index (κ2) is 6.77. The van der Waals surface area contributed by atoms with Crippen LogP contribution < -0.4 is 14.8 Å². The van der Waals surface area contributed by atoms with E-state index in [1.165, 1.54) is 27.5 Å². The Hall–Kier alpha value is -2.52. The van der Waals surface area contributed by atoms with Crippen LogP contribution in [0.25, 0.3) is 10.8 Å². The van der Waals surface area contributed by atoms with Gasteiger partial charge in [-0.15, -0.1) is 0 Å². The zero-order chi connectivity index (χ0) is 17.2. The number of rotatable bonds is 4. The predicted molar refractivity (Wildman–Crippen MR) is 102 cm³/mol. The van der Waals surface area contributed by atoms with Crippen LogP contribution in [0.15, 0.2) is 54.6 Å². The average Bonchev–Trinajstić information content (AvgIpc) is 2.67. The molecular formula is C22H23NO2. The van der Waals surface area contributed by atoms with Crippen molar-refractivity contribution in [2.24, 2.45) is 0 Å². The second-order valence-electron chi connectivity index (χ2n) is 6.51. The normalized spacial score (nSPS) is 16.5. The Balaban J connectivity index is 1.73. The minimum absolute atomic E-state index is 0.286. The summed E-state index contributed by atoms with van der Waals surface area (Å²) in [7, 11) is 3.39. The van der Waals surface area contributed by atoms with Gasteiger partial charge in [0.15, 0.2) is 11.5 Å². The lowest BCUT2D eigenvalue weighted by molar-refractivity contribution is 0.352. The van der Waals surface area contributed by atoms with Gasteiger partial charge in [-0.3, -0.25) is 0 Å². The summed E-state index contributed by atoms with van der Waals surface area (Å²) in [6.45, 7) is 0.984. The second-order valence-corrected chi connectivity index (χ2v) is 6.51. The first kappa shape index (κ1) is 16.0. The van der Waals surface area contributed by atoms with Crippen LogP contribution in [0.2, 0.25) is 0 Å². The van der Waals surface area contributed by atoms with Gasteiger partial charge in [-0.2, -0.15) is 0 Å². The van der Waals surface area contributed by atoms with Crippen LogP contribution in [0.4, 0.5) is 0 Å². The van der Waals surface area contributed by atoms with Gasteiger partial charge < -0.3 is 14.8 Å². The first-order chi connectivity index (χ1) is 12.3. The maximum absolute atomic E-state index is 5.52. The highest BCUT2D eigenvalue weighted by molar-refractivity contribution is 5.85. The molecule has 0 amide bonds. The zero-order valence-corrected chi connectivity index (χ0v) is 14.7. The molecule has 0 saturated heterocycles. The number of methoxy groups -OCH3 is 2. The third-order valence-electron chi connectivity index (χ3n) is 5.11. The molecule has 0 bridgehead atoms. The molecule has 4 rings (SSSR count). The van der Waals surface area contributed by atoms with E-state index in [-0.39, 0.29) is 6.04 Å². The number of benzene rings is 3. The van der Waals surface area contributed by atoms with Crippen molar-refractivity contribution in [1.82, 2.24) is 5.32 Å². The highest BCUT2D eigenvalue weighted by Crippen LogP contribution is 2.36. The first-order valence-corrected chi connectivity index (χ1v) is 8.75. The molecule has 1 aliphatic heterocycles. The summed E-state index contributed by atoms with van der Waals surface area (Å²) in [5, 5.41) is 6.31. The van der Waals surface area contributed by atoms with Crippen molar-refractivity contribution in [3.63, 3.8) is 0 Å². The summed E-state index contributed by atoms with van der Waals surface area (Å²) in [5.74, 6) is 1.61. The van der Waals surface area contributed by atoms with Crippen molar-refractivity contribution in [2.45, 2.75) is 18.9 Å². The molecule has 0 fully saturated rings. The number of ether oxygens (including phenoxy) is 2. The highest BCUT2D eigenvalue weighted by Gasteiger charge is 2.23. The van der Waals surface area contributed by atoms with Gasteiger partial charge in [0.05, 0.1) is 14.2 Å². The molecule has 25 heavy (non-hydrogen) atoms. The molecule has 3 nitrogen and oxygen atoms in total. The van der Waals surface area contributed by atoms with Crippen LogP contribution in [0.3, 0.4) is 0 Å². The van der Waals surface area contributed by atoms with Crippen molar-refractivity contribution >= 4 is 10.8 Å². The molecule has 1 aliphatic rings. The predicted octanol–water partition coefficient (Wildman–Crippen LogP) is 4.29. The Morgan fingerprint density at radius 1 is 0.960 bits per heavy atom. The van der Waals surface area contributed by atoms with Crippen molar-refractivity contribution in [3.05, 3.63) is 71.3 Å². The van der Waals surface area contributed by atoms with E-state index >= 15 is 0 Å². The van der Waals surface area contributed by atoms with E-state index in [9.17, 15) is 0 Å². The van der Waals surface area contributed by atoms with Gasteiger partial charge in [-0.25, -0.2) is 0 Å². The Labute approximate surface area is 148 Å². The summed E-state index contributed by atoms with van der Waals surface area (Å²) in [6.07, 6.45) is 1.98. The molecule has 1 heterocycles.